The Hall–Kier alpha value is -3.11. The van der Waals surface area contributed by atoms with Crippen LogP contribution >= 0.6 is 0 Å². The molecule has 2 amide bonds. The van der Waals surface area contributed by atoms with Crippen LogP contribution in [0, 0.1) is 0 Å². The van der Waals surface area contributed by atoms with Gasteiger partial charge in [-0.2, -0.15) is 4.31 Å². The summed E-state index contributed by atoms with van der Waals surface area (Å²) >= 11 is 0. The summed E-state index contributed by atoms with van der Waals surface area (Å²) in [5.41, 5.74) is 2.15. The third-order valence-electron chi connectivity index (χ3n) is 6.18. The zero-order valence-electron chi connectivity index (χ0n) is 19.5. The number of nitrogens with zero attached hydrogens (tertiary/aromatic N) is 3. The molecule has 10 heteroatoms. The van der Waals surface area contributed by atoms with Gasteiger partial charge in [0.05, 0.1) is 17.0 Å². The fraction of sp³-hybridized carbons (Fsp3) is 0.417. The van der Waals surface area contributed by atoms with Crippen LogP contribution in [0.25, 0.3) is 0 Å². The minimum Gasteiger partial charge on any atom is -0.447 e. The molecule has 0 saturated carbocycles. The summed E-state index contributed by atoms with van der Waals surface area (Å²) in [4.78, 5) is 29.0. The summed E-state index contributed by atoms with van der Waals surface area (Å²) in [6.45, 7) is 6.67. The summed E-state index contributed by atoms with van der Waals surface area (Å²) in [6, 6.07) is 11.7. The van der Waals surface area contributed by atoms with Gasteiger partial charge in [-0.05, 0) is 49.2 Å². The molecule has 0 aliphatic carbocycles. The van der Waals surface area contributed by atoms with Crippen molar-refractivity contribution in [3.05, 3.63) is 48.0 Å². The molecule has 2 heterocycles. The topological polar surface area (TPSA) is 99.3 Å². The van der Waals surface area contributed by atoms with Crippen LogP contribution in [0.1, 0.15) is 37.0 Å². The Balaban J connectivity index is 1.67. The van der Waals surface area contributed by atoms with Crippen LogP contribution in [0.4, 0.5) is 21.9 Å². The normalized spacial score (nSPS) is 16.3. The maximum Gasteiger partial charge on any atom is 0.414 e. The lowest BCUT2D eigenvalue weighted by atomic mass is 10.1. The molecule has 0 unspecified atom stereocenters. The summed E-state index contributed by atoms with van der Waals surface area (Å²) in [5.74, 6) is -0.403. The fourth-order valence-corrected chi connectivity index (χ4v) is 5.87. The second-order valence-corrected chi connectivity index (χ2v) is 10.2. The van der Waals surface area contributed by atoms with Gasteiger partial charge in [-0.3, -0.25) is 9.69 Å². The summed E-state index contributed by atoms with van der Waals surface area (Å²) in [6.07, 6.45) is 1.62. The van der Waals surface area contributed by atoms with Gasteiger partial charge in [0.25, 0.3) is 5.91 Å². The summed E-state index contributed by atoms with van der Waals surface area (Å²) < 4.78 is 32.6. The van der Waals surface area contributed by atoms with Crippen LogP contribution in [0.2, 0.25) is 0 Å². The molecule has 0 bridgehead atoms. The molecule has 2 aromatic carbocycles. The Morgan fingerprint density at radius 1 is 1.06 bits per heavy atom. The van der Waals surface area contributed by atoms with Crippen molar-refractivity contribution < 1.29 is 22.7 Å². The Morgan fingerprint density at radius 3 is 2.44 bits per heavy atom. The van der Waals surface area contributed by atoms with Crippen molar-refractivity contribution in [3.8, 4) is 0 Å². The van der Waals surface area contributed by atoms with E-state index in [1.165, 1.54) is 15.3 Å². The highest BCUT2D eigenvalue weighted by Crippen LogP contribution is 2.30. The van der Waals surface area contributed by atoms with E-state index in [1.807, 2.05) is 0 Å². The summed E-state index contributed by atoms with van der Waals surface area (Å²) in [5, 5.41) is 2.88. The van der Waals surface area contributed by atoms with Crippen LogP contribution in [0.5, 0.6) is 0 Å². The van der Waals surface area contributed by atoms with Gasteiger partial charge in [0.1, 0.15) is 6.61 Å². The molecule has 2 aliphatic rings. The number of cyclic esters (lactones) is 1. The maximum absolute atomic E-state index is 13.4. The minimum atomic E-state index is -3.72. The number of hydrogen-bond donors (Lipinski definition) is 1. The van der Waals surface area contributed by atoms with Gasteiger partial charge >= 0.3 is 6.09 Å². The molecule has 1 N–H and O–H groups in total. The van der Waals surface area contributed by atoms with E-state index in [-0.39, 0.29) is 4.90 Å². The van der Waals surface area contributed by atoms with Gasteiger partial charge in [0, 0.05) is 43.2 Å². The molecular weight excluding hydrogens is 456 g/mol. The third kappa shape index (κ3) is 4.74. The van der Waals surface area contributed by atoms with E-state index in [0.717, 1.165) is 25.9 Å². The van der Waals surface area contributed by atoms with Gasteiger partial charge < -0.3 is 15.0 Å². The van der Waals surface area contributed by atoms with Gasteiger partial charge in [0.2, 0.25) is 10.0 Å². The van der Waals surface area contributed by atoms with Crippen molar-refractivity contribution in [2.24, 2.45) is 0 Å². The lowest BCUT2D eigenvalue weighted by molar-refractivity contribution is 0.102. The number of benzene rings is 2. The first kappa shape index (κ1) is 24.0. The van der Waals surface area contributed by atoms with E-state index < -0.39 is 22.0 Å². The molecule has 2 saturated heterocycles. The lowest BCUT2D eigenvalue weighted by Gasteiger charge is -2.23. The molecule has 9 nitrogen and oxygen atoms in total. The number of carbonyl (C=O) groups excluding carboxylic acids is 2. The third-order valence-corrected chi connectivity index (χ3v) is 8.22. The fourth-order valence-electron chi connectivity index (χ4n) is 4.38. The first-order chi connectivity index (χ1) is 16.3. The van der Waals surface area contributed by atoms with Gasteiger partial charge in [-0.25, -0.2) is 13.2 Å². The highest BCUT2D eigenvalue weighted by atomic mass is 32.2. The Labute approximate surface area is 200 Å². The predicted octanol–water partition coefficient (Wildman–Crippen LogP) is 3.53. The average Bonchev–Trinajstić information content (AvgIpc) is 3.51. The van der Waals surface area contributed by atoms with E-state index in [4.69, 9.17) is 4.74 Å². The van der Waals surface area contributed by atoms with E-state index in [1.54, 1.807) is 50.2 Å². The number of hydrogen-bond acceptors (Lipinski definition) is 6. The highest BCUT2D eigenvalue weighted by molar-refractivity contribution is 7.89. The van der Waals surface area contributed by atoms with E-state index >= 15 is 0 Å². The van der Waals surface area contributed by atoms with Crippen LogP contribution < -0.4 is 15.1 Å². The van der Waals surface area contributed by atoms with Crippen molar-refractivity contribution >= 4 is 39.1 Å². The van der Waals surface area contributed by atoms with Crippen molar-refractivity contribution in [1.29, 1.82) is 0 Å². The number of ether oxygens (including phenoxy) is 1. The zero-order valence-corrected chi connectivity index (χ0v) is 20.3. The second-order valence-electron chi connectivity index (χ2n) is 8.23. The number of amides is 2. The zero-order chi connectivity index (χ0) is 24.3. The number of sulfonamides is 1. The smallest absolute Gasteiger partial charge is 0.414 e. The first-order valence-electron chi connectivity index (χ1n) is 11.6. The number of nitrogens with one attached hydrogen (secondary N) is 1. The largest absolute Gasteiger partial charge is 0.447 e. The summed E-state index contributed by atoms with van der Waals surface area (Å²) in [7, 11) is -3.72. The van der Waals surface area contributed by atoms with Crippen LogP contribution in [0.3, 0.4) is 0 Å². The molecule has 182 valence electrons. The Morgan fingerprint density at radius 2 is 1.79 bits per heavy atom. The molecule has 34 heavy (non-hydrogen) atoms. The Kier molecular flexibility index (Phi) is 7.08. The second kappa shape index (κ2) is 10.0. The average molecular weight is 487 g/mol. The van der Waals surface area contributed by atoms with Crippen molar-refractivity contribution in [2.45, 2.75) is 31.6 Å². The monoisotopic (exact) mass is 486 g/mol. The number of rotatable bonds is 8. The molecule has 2 fully saturated rings. The lowest BCUT2D eigenvalue weighted by Crippen LogP contribution is -2.31. The van der Waals surface area contributed by atoms with Crippen molar-refractivity contribution in [1.82, 2.24) is 4.31 Å². The van der Waals surface area contributed by atoms with E-state index in [9.17, 15) is 18.0 Å². The minimum absolute atomic E-state index is 0.0952. The van der Waals surface area contributed by atoms with Crippen molar-refractivity contribution in [3.63, 3.8) is 0 Å². The van der Waals surface area contributed by atoms with Crippen LogP contribution in [-0.2, 0) is 14.8 Å². The SMILES string of the molecule is CCN(CC)S(=O)(=O)c1ccc(N2CCCC2)c(C(=O)Nc2cccc(N3CCOC3=O)c2)c1. The standard InChI is InChI=1S/C24H30N4O5S/c1-3-27(4-2)34(31,32)20-10-11-22(26-12-5-6-13-26)21(17-20)23(29)25-18-8-7-9-19(16-18)28-14-15-33-24(28)30/h7-11,16-17H,3-6,12-15H2,1-2H3,(H,25,29). The quantitative estimate of drug-likeness (QED) is 0.613. The molecule has 2 aliphatic heterocycles. The van der Waals surface area contributed by atoms with Crippen LogP contribution in [-0.4, -0.2) is 64.1 Å². The van der Waals surface area contributed by atoms with E-state index in [2.05, 4.69) is 10.2 Å². The molecule has 0 aromatic heterocycles. The molecule has 4 rings (SSSR count). The molecule has 2 aromatic rings. The molecule has 0 spiro atoms. The van der Waals surface area contributed by atoms with Crippen LogP contribution in [0.15, 0.2) is 47.4 Å². The molecule has 0 atom stereocenters. The van der Waals surface area contributed by atoms with Gasteiger partial charge in [-0.1, -0.05) is 19.9 Å². The van der Waals surface area contributed by atoms with Gasteiger partial charge in [0.15, 0.2) is 0 Å². The first-order valence-corrected chi connectivity index (χ1v) is 13.0. The maximum atomic E-state index is 13.4. The van der Waals surface area contributed by atoms with Crippen molar-refractivity contribution in [2.75, 3.05) is 54.4 Å². The highest BCUT2D eigenvalue weighted by Gasteiger charge is 2.27. The van der Waals surface area contributed by atoms with E-state index in [0.29, 0.717) is 48.9 Å². The van der Waals surface area contributed by atoms with Gasteiger partial charge in [-0.15, -0.1) is 0 Å². The predicted molar refractivity (Wildman–Crippen MR) is 131 cm³/mol. The number of anilines is 3. The molecular formula is C24H30N4O5S. The molecule has 0 radical (unpaired) electrons. The Bertz CT molecular complexity index is 1170. The number of carbonyl (C=O) groups is 2.